The van der Waals surface area contributed by atoms with Gasteiger partial charge in [0.2, 0.25) is 5.91 Å². The summed E-state index contributed by atoms with van der Waals surface area (Å²) in [5.41, 5.74) is 4.11. The van der Waals surface area contributed by atoms with Crippen LogP contribution < -0.4 is 0 Å². The number of nitrogens with zero attached hydrogens (tertiary/aromatic N) is 5. The Morgan fingerprint density at radius 1 is 1.03 bits per heavy atom. The molecule has 3 heterocycles. The van der Waals surface area contributed by atoms with Gasteiger partial charge in [0.05, 0.1) is 0 Å². The molecule has 0 unspecified atom stereocenters. The van der Waals surface area contributed by atoms with Crippen LogP contribution >= 0.6 is 12.2 Å². The van der Waals surface area contributed by atoms with E-state index in [1.54, 1.807) is 24.8 Å². The summed E-state index contributed by atoms with van der Waals surface area (Å²) in [6.45, 7) is 3.46. The fraction of sp³-hybridized carbons (Fsp3) is 0.208. The topological polar surface area (TPSA) is 79.7 Å². The van der Waals surface area contributed by atoms with Gasteiger partial charge in [-0.15, -0.1) is 0 Å². The fourth-order valence-electron chi connectivity index (χ4n) is 3.55. The van der Waals surface area contributed by atoms with Crippen LogP contribution in [0.1, 0.15) is 23.1 Å². The largest absolute Gasteiger partial charge is 0.334 e. The van der Waals surface area contributed by atoms with Crippen molar-refractivity contribution in [3.05, 3.63) is 94.8 Å². The summed E-state index contributed by atoms with van der Waals surface area (Å²) in [6.07, 6.45) is 7.29. The molecule has 0 saturated carbocycles. The molecule has 0 aliphatic carbocycles. The molecule has 7 nitrogen and oxygen atoms in total. The average molecular weight is 445 g/mol. The number of aromatic amines is 1. The van der Waals surface area contributed by atoms with Gasteiger partial charge in [-0.05, 0) is 54.5 Å². The van der Waals surface area contributed by atoms with E-state index >= 15 is 0 Å². The predicted molar refractivity (Wildman–Crippen MR) is 125 cm³/mol. The van der Waals surface area contributed by atoms with E-state index in [9.17, 15) is 4.79 Å². The van der Waals surface area contributed by atoms with Gasteiger partial charge in [-0.1, -0.05) is 29.8 Å². The maximum absolute atomic E-state index is 13.3. The minimum atomic E-state index is 0.0314. The third kappa shape index (κ3) is 5.33. The number of carbonyl (C=O) groups is 1. The van der Waals surface area contributed by atoms with Crippen molar-refractivity contribution in [2.45, 2.75) is 33.0 Å². The second-order valence-electron chi connectivity index (χ2n) is 7.59. The van der Waals surface area contributed by atoms with E-state index in [0.29, 0.717) is 30.8 Å². The van der Waals surface area contributed by atoms with Crippen LogP contribution in [0.25, 0.3) is 11.4 Å². The highest BCUT2D eigenvalue weighted by Crippen LogP contribution is 2.19. The van der Waals surface area contributed by atoms with Crippen LogP contribution in [0, 0.1) is 11.7 Å². The van der Waals surface area contributed by atoms with Gasteiger partial charge >= 0.3 is 0 Å². The summed E-state index contributed by atoms with van der Waals surface area (Å²) in [6, 6.07) is 15.8. The lowest BCUT2D eigenvalue weighted by atomic mass is 10.1. The second kappa shape index (κ2) is 10.1. The summed E-state index contributed by atoms with van der Waals surface area (Å²) in [5.74, 6) is 0.767. The molecule has 1 aromatic carbocycles. The average Bonchev–Trinajstić information content (AvgIpc) is 3.18. The van der Waals surface area contributed by atoms with Gasteiger partial charge < -0.3 is 4.90 Å². The number of pyridine rings is 2. The van der Waals surface area contributed by atoms with Gasteiger partial charge in [0.25, 0.3) is 0 Å². The maximum atomic E-state index is 13.3. The standard InChI is InChI=1S/C24H24N6OS/c1-18-4-2-6-21(14-18)23-27-28-24(32)30(23)13-9-22(31)29(16-19-7-11-25-12-8-19)17-20-5-3-10-26-15-20/h2-8,10-12,14-15H,9,13,16-17H2,1H3,(H,28,32). The molecule has 0 radical (unpaired) electrons. The van der Waals surface area contributed by atoms with Crippen LogP contribution in [0.3, 0.4) is 0 Å². The number of amides is 1. The van der Waals surface area contributed by atoms with Crippen LogP contribution in [0.4, 0.5) is 0 Å². The molecule has 162 valence electrons. The highest BCUT2D eigenvalue weighted by Gasteiger charge is 2.17. The summed E-state index contributed by atoms with van der Waals surface area (Å²) in [4.78, 5) is 23.4. The zero-order valence-corrected chi connectivity index (χ0v) is 18.6. The Bertz CT molecular complexity index is 1190. The van der Waals surface area contributed by atoms with E-state index < -0.39 is 0 Å². The zero-order valence-electron chi connectivity index (χ0n) is 17.8. The normalized spacial score (nSPS) is 10.8. The van der Waals surface area contributed by atoms with Gasteiger partial charge in [0, 0.05) is 56.4 Å². The zero-order chi connectivity index (χ0) is 22.3. The van der Waals surface area contributed by atoms with Crippen LogP contribution in [0.5, 0.6) is 0 Å². The molecule has 4 rings (SSSR count). The SMILES string of the molecule is Cc1cccc(-c2n[nH]c(=S)n2CCC(=O)N(Cc2ccncc2)Cc2cccnc2)c1. The summed E-state index contributed by atoms with van der Waals surface area (Å²) >= 11 is 5.44. The van der Waals surface area contributed by atoms with Crippen molar-refractivity contribution < 1.29 is 4.79 Å². The fourth-order valence-corrected chi connectivity index (χ4v) is 3.77. The summed E-state index contributed by atoms with van der Waals surface area (Å²) < 4.78 is 2.39. The van der Waals surface area contributed by atoms with Gasteiger partial charge in [0.15, 0.2) is 10.6 Å². The lowest BCUT2D eigenvalue weighted by Crippen LogP contribution is -2.31. The number of hydrogen-bond acceptors (Lipinski definition) is 5. The molecule has 0 fully saturated rings. The minimum Gasteiger partial charge on any atom is -0.334 e. The molecule has 1 N–H and O–H groups in total. The molecule has 0 aliphatic heterocycles. The highest BCUT2D eigenvalue weighted by molar-refractivity contribution is 7.71. The summed E-state index contributed by atoms with van der Waals surface area (Å²) in [7, 11) is 0. The van der Waals surface area contributed by atoms with Crippen LogP contribution in [-0.4, -0.2) is 35.5 Å². The lowest BCUT2D eigenvalue weighted by Gasteiger charge is -2.23. The van der Waals surface area contributed by atoms with E-state index in [2.05, 4.69) is 26.2 Å². The van der Waals surface area contributed by atoms with Gasteiger partial charge in [-0.25, -0.2) is 0 Å². The predicted octanol–water partition coefficient (Wildman–Crippen LogP) is 4.33. The molecular weight excluding hydrogens is 420 g/mol. The highest BCUT2D eigenvalue weighted by atomic mass is 32.1. The third-order valence-corrected chi connectivity index (χ3v) is 5.47. The number of aryl methyl sites for hydroxylation is 1. The van der Waals surface area contributed by atoms with Gasteiger partial charge in [0.1, 0.15) is 0 Å². The Morgan fingerprint density at radius 3 is 2.59 bits per heavy atom. The van der Waals surface area contributed by atoms with Crippen molar-refractivity contribution >= 4 is 18.1 Å². The first-order valence-corrected chi connectivity index (χ1v) is 10.8. The van der Waals surface area contributed by atoms with Crippen molar-refractivity contribution in [3.8, 4) is 11.4 Å². The van der Waals surface area contributed by atoms with Gasteiger partial charge in [-0.2, -0.15) is 5.10 Å². The number of rotatable bonds is 8. The lowest BCUT2D eigenvalue weighted by molar-refractivity contribution is -0.132. The molecule has 32 heavy (non-hydrogen) atoms. The monoisotopic (exact) mass is 444 g/mol. The van der Waals surface area contributed by atoms with Crippen LogP contribution in [0.2, 0.25) is 0 Å². The van der Waals surface area contributed by atoms with Crippen molar-refractivity contribution in [3.63, 3.8) is 0 Å². The van der Waals surface area contributed by atoms with Crippen molar-refractivity contribution in [1.82, 2.24) is 29.6 Å². The minimum absolute atomic E-state index is 0.0314. The first-order valence-electron chi connectivity index (χ1n) is 10.4. The number of hydrogen-bond donors (Lipinski definition) is 1. The van der Waals surface area contributed by atoms with E-state index in [0.717, 1.165) is 28.1 Å². The molecule has 0 atom stereocenters. The van der Waals surface area contributed by atoms with E-state index in [-0.39, 0.29) is 5.91 Å². The van der Waals surface area contributed by atoms with Crippen LogP contribution in [-0.2, 0) is 24.4 Å². The third-order valence-electron chi connectivity index (χ3n) is 5.16. The quantitative estimate of drug-likeness (QED) is 0.409. The number of nitrogens with one attached hydrogen (secondary N) is 1. The molecule has 1 amide bonds. The molecule has 8 heteroatoms. The van der Waals surface area contributed by atoms with E-state index in [4.69, 9.17) is 12.2 Å². The number of benzene rings is 1. The molecular formula is C24H24N6OS. The van der Waals surface area contributed by atoms with Crippen LogP contribution in [0.15, 0.2) is 73.3 Å². The molecule has 3 aromatic heterocycles. The molecule has 0 saturated heterocycles. The molecule has 4 aromatic rings. The Kier molecular flexibility index (Phi) is 6.81. The molecule has 0 aliphatic rings. The van der Waals surface area contributed by atoms with Gasteiger partial charge in [-0.3, -0.25) is 24.4 Å². The van der Waals surface area contributed by atoms with Crippen molar-refractivity contribution in [1.29, 1.82) is 0 Å². The Balaban J connectivity index is 1.52. The molecule has 0 bridgehead atoms. The van der Waals surface area contributed by atoms with Crippen molar-refractivity contribution in [2.75, 3.05) is 0 Å². The van der Waals surface area contributed by atoms with E-state index in [1.165, 1.54) is 0 Å². The number of H-pyrrole nitrogens is 1. The van der Waals surface area contributed by atoms with E-state index in [1.807, 2.05) is 58.9 Å². The Hall–Kier alpha value is -3.65. The second-order valence-corrected chi connectivity index (χ2v) is 7.98. The Labute approximate surface area is 191 Å². The smallest absolute Gasteiger partial charge is 0.224 e. The molecule has 0 spiro atoms. The first kappa shape index (κ1) is 21.6. The number of carbonyl (C=O) groups excluding carboxylic acids is 1. The number of aromatic nitrogens is 5. The van der Waals surface area contributed by atoms with Crippen molar-refractivity contribution in [2.24, 2.45) is 0 Å². The first-order chi connectivity index (χ1) is 15.6. The Morgan fingerprint density at radius 2 is 1.84 bits per heavy atom. The summed E-state index contributed by atoms with van der Waals surface area (Å²) in [5, 5.41) is 7.25. The maximum Gasteiger partial charge on any atom is 0.224 e.